The van der Waals surface area contributed by atoms with E-state index in [9.17, 15) is 28.3 Å². The highest BCUT2D eigenvalue weighted by Crippen LogP contribution is 2.46. The molecule has 2 atom stereocenters. The minimum absolute atomic E-state index is 0.0266. The summed E-state index contributed by atoms with van der Waals surface area (Å²) in [6.07, 6.45) is 3.93. The molecule has 0 aromatic rings. The number of carbonyl (C=O) groups excluding carboxylic acids is 4. The van der Waals surface area contributed by atoms with Crippen LogP contribution in [0.1, 0.15) is 86.5 Å². The average Bonchev–Trinajstić information content (AvgIpc) is 3.80. The van der Waals surface area contributed by atoms with Crippen molar-refractivity contribution in [1.29, 1.82) is 0 Å². The fourth-order valence-corrected chi connectivity index (χ4v) is 6.17. The summed E-state index contributed by atoms with van der Waals surface area (Å²) in [4.78, 5) is 50.1. The molecule has 2 amide bonds. The van der Waals surface area contributed by atoms with Crippen LogP contribution in [0.3, 0.4) is 0 Å². The summed E-state index contributed by atoms with van der Waals surface area (Å²) in [5, 5.41) is 0. The summed E-state index contributed by atoms with van der Waals surface area (Å²) < 4.78 is 67.0. The quantitative estimate of drug-likeness (QED) is 0.0571. The Labute approximate surface area is 329 Å². The molecular formula is C36H70N2O15P2. The fourth-order valence-electron chi connectivity index (χ4n) is 4.99. The van der Waals surface area contributed by atoms with Gasteiger partial charge in [-0.05, 0) is 79.1 Å². The van der Waals surface area contributed by atoms with E-state index in [1.807, 2.05) is 41.5 Å². The number of ketones is 1. The Bertz CT molecular complexity index is 1220. The van der Waals surface area contributed by atoms with Crippen LogP contribution in [-0.2, 0) is 60.5 Å². The smallest absolute Gasteiger partial charge is 0.410 e. The summed E-state index contributed by atoms with van der Waals surface area (Å²) in [6, 6.07) is 0. The van der Waals surface area contributed by atoms with E-state index in [0.29, 0.717) is 51.4 Å². The van der Waals surface area contributed by atoms with Gasteiger partial charge in [0.25, 0.3) is 0 Å². The van der Waals surface area contributed by atoms with Crippen LogP contribution < -0.4 is 0 Å². The summed E-state index contributed by atoms with van der Waals surface area (Å²) in [6.45, 7) is 17.3. The van der Waals surface area contributed by atoms with Gasteiger partial charge in [-0.3, -0.25) is 18.7 Å². The van der Waals surface area contributed by atoms with Gasteiger partial charge >= 0.3 is 33.3 Å². The van der Waals surface area contributed by atoms with Gasteiger partial charge < -0.3 is 51.6 Å². The summed E-state index contributed by atoms with van der Waals surface area (Å²) in [7, 11) is 0.911. The number of amides is 2. The van der Waals surface area contributed by atoms with Crippen molar-refractivity contribution in [3.8, 4) is 0 Å². The third-order valence-corrected chi connectivity index (χ3v) is 11.5. The third kappa shape index (κ3) is 26.4. The van der Waals surface area contributed by atoms with Crippen LogP contribution in [0.4, 0.5) is 9.59 Å². The molecule has 0 aromatic heterocycles. The molecule has 0 N–H and O–H groups in total. The largest absolute Gasteiger partial charge is 0.469 e. The molecule has 2 aliphatic rings. The number of methoxy groups -OCH3 is 1. The maximum Gasteiger partial charge on any atom is 0.410 e. The van der Waals surface area contributed by atoms with Crippen LogP contribution in [0.2, 0.25) is 0 Å². The van der Waals surface area contributed by atoms with Gasteiger partial charge in [-0.1, -0.05) is 0 Å². The number of hydrogen-bond acceptors (Lipinski definition) is 15. The molecule has 0 aromatic carbocycles. The predicted octanol–water partition coefficient (Wildman–Crippen LogP) is 6.80. The molecule has 2 fully saturated rings. The standard InChI is InChI=1S/C18H34NO7P.C15H27NO5.C3H9O3P/c1-18(2,3)26-17(21)19-10-6-15(14-19)7-11-25-12-8-16(20)9-13-27(22,23-4)24-5;1-15(2,3)21-14(18)16-8-5-12(11-16)6-9-20-10-7-13(17)19-4;1-5-7(3,4)6-2/h15H,6-14H2,1-5H3;12H,5-11H2,1-4H3;1-3H3/t15-;12-;/m00./s1. The molecule has 2 aliphatic heterocycles. The molecule has 0 radical (unpaired) electrons. The molecule has 0 saturated carbocycles. The number of Topliss-reactive ketones (excluding diaryl/α,β-unsaturated/α-hetero) is 1. The van der Waals surface area contributed by atoms with Crippen molar-refractivity contribution in [3.63, 3.8) is 0 Å². The van der Waals surface area contributed by atoms with Gasteiger partial charge in [-0.15, -0.1) is 0 Å². The first-order valence-corrected chi connectivity index (χ1v) is 22.3. The lowest BCUT2D eigenvalue weighted by atomic mass is 10.1. The van der Waals surface area contributed by atoms with Gasteiger partial charge in [-0.2, -0.15) is 0 Å². The SMILES string of the molecule is COC(=O)CCOCC[C@@H]1CCN(C(=O)OC(C)(C)C)C1.COP(=O)(CCC(=O)CCOCC[C@@H]1CCN(C(=O)OC(C)(C)C)C1)OC.COP(C)(=O)OC. The van der Waals surface area contributed by atoms with E-state index in [1.165, 1.54) is 42.2 Å². The first-order valence-electron chi connectivity index (χ1n) is 18.6. The molecule has 324 valence electrons. The van der Waals surface area contributed by atoms with Gasteiger partial charge in [0.05, 0.1) is 32.9 Å². The molecule has 2 heterocycles. The van der Waals surface area contributed by atoms with Gasteiger partial charge in [0.2, 0.25) is 0 Å². The molecule has 0 unspecified atom stereocenters. The van der Waals surface area contributed by atoms with Crippen molar-refractivity contribution in [2.75, 3.05) is 101 Å². The van der Waals surface area contributed by atoms with E-state index in [1.54, 1.807) is 9.80 Å². The molecule has 2 saturated heterocycles. The Hall–Kier alpha value is -2.10. The molecule has 0 aliphatic carbocycles. The Kier molecular flexibility index (Phi) is 25.7. The molecular weight excluding hydrogens is 762 g/mol. The van der Waals surface area contributed by atoms with Crippen LogP contribution in [0.25, 0.3) is 0 Å². The van der Waals surface area contributed by atoms with Crippen LogP contribution >= 0.6 is 15.2 Å². The lowest BCUT2D eigenvalue weighted by Crippen LogP contribution is -2.35. The van der Waals surface area contributed by atoms with Crippen LogP contribution in [0.15, 0.2) is 0 Å². The topological polar surface area (TPSA) is 192 Å². The van der Waals surface area contributed by atoms with Crippen molar-refractivity contribution in [1.82, 2.24) is 9.80 Å². The molecule has 19 heteroatoms. The van der Waals surface area contributed by atoms with Crippen molar-refractivity contribution in [2.24, 2.45) is 11.8 Å². The zero-order valence-corrected chi connectivity index (χ0v) is 37.2. The first kappa shape index (κ1) is 52.9. The van der Waals surface area contributed by atoms with E-state index in [0.717, 1.165) is 38.8 Å². The third-order valence-electron chi connectivity index (χ3n) is 8.30. The number of likely N-dealkylation sites (tertiary alicyclic amines) is 2. The van der Waals surface area contributed by atoms with Crippen molar-refractivity contribution >= 4 is 39.1 Å². The fraction of sp³-hybridized carbons (Fsp3) is 0.889. The number of ether oxygens (including phenoxy) is 5. The second-order valence-electron chi connectivity index (χ2n) is 15.2. The predicted molar refractivity (Wildman–Crippen MR) is 208 cm³/mol. The van der Waals surface area contributed by atoms with E-state index >= 15 is 0 Å². The number of carbonyl (C=O) groups is 4. The average molecular weight is 833 g/mol. The Morgan fingerprint density at radius 1 is 0.618 bits per heavy atom. The lowest BCUT2D eigenvalue weighted by Gasteiger charge is -2.24. The van der Waals surface area contributed by atoms with Gasteiger partial charge in [0.1, 0.15) is 17.0 Å². The highest BCUT2D eigenvalue weighted by Gasteiger charge is 2.31. The summed E-state index contributed by atoms with van der Waals surface area (Å²) in [5.74, 6) is 0.548. The Morgan fingerprint density at radius 3 is 1.38 bits per heavy atom. The van der Waals surface area contributed by atoms with Gasteiger partial charge in [0, 0.05) is 87.3 Å². The highest BCUT2D eigenvalue weighted by molar-refractivity contribution is 7.53. The van der Waals surface area contributed by atoms with Gasteiger partial charge in [0.15, 0.2) is 0 Å². The van der Waals surface area contributed by atoms with Crippen LogP contribution in [0.5, 0.6) is 0 Å². The van der Waals surface area contributed by atoms with Crippen molar-refractivity contribution in [2.45, 2.75) is 97.7 Å². The minimum Gasteiger partial charge on any atom is -0.469 e. The first-order chi connectivity index (χ1) is 25.5. The number of esters is 1. The van der Waals surface area contributed by atoms with Crippen molar-refractivity contribution in [3.05, 3.63) is 0 Å². The van der Waals surface area contributed by atoms with Crippen LogP contribution in [0, 0.1) is 11.8 Å². The minimum atomic E-state index is -3.13. The van der Waals surface area contributed by atoms with E-state index in [4.69, 9.17) is 28.0 Å². The Morgan fingerprint density at radius 2 is 1.04 bits per heavy atom. The lowest BCUT2D eigenvalue weighted by molar-refractivity contribution is -0.141. The normalized spacial score (nSPS) is 17.5. The monoisotopic (exact) mass is 832 g/mol. The van der Waals surface area contributed by atoms with E-state index in [-0.39, 0.29) is 49.4 Å². The van der Waals surface area contributed by atoms with Crippen LogP contribution in [-0.4, -0.2) is 146 Å². The zero-order chi connectivity index (χ0) is 42.3. The maximum atomic E-state index is 12.0. The zero-order valence-electron chi connectivity index (χ0n) is 35.4. The maximum absolute atomic E-state index is 12.0. The van der Waals surface area contributed by atoms with Gasteiger partial charge in [-0.25, -0.2) is 9.59 Å². The number of nitrogens with zero attached hydrogens (tertiary/aromatic N) is 2. The summed E-state index contributed by atoms with van der Waals surface area (Å²) in [5.41, 5.74) is -0.933. The van der Waals surface area contributed by atoms with E-state index < -0.39 is 26.4 Å². The number of hydrogen-bond donors (Lipinski definition) is 0. The molecule has 55 heavy (non-hydrogen) atoms. The number of rotatable bonds is 19. The Balaban J connectivity index is 0.000000922. The summed E-state index contributed by atoms with van der Waals surface area (Å²) >= 11 is 0. The molecule has 0 bridgehead atoms. The molecule has 17 nitrogen and oxygen atoms in total. The molecule has 0 spiro atoms. The van der Waals surface area contributed by atoms with E-state index in [2.05, 4.69) is 13.8 Å². The molecule has 2 rings (SSSR count). The van der Waals surface area contributed by atoms with Crippen molar-refractivity contribution < 1.29 is 70.1 Å². The second kappa shape index (κ2) is 26.7. The second-order valence-corrected chi connectivity index (χ2v) is 19.8. The highest BCUT2D eigenvalue weighted by atomic mass is 31.2.